The number of halogens is 2. The average molecular weight is 838 g/mol. The van der Waals surface area contributed by atoms with Gasteiger partial charge in [-0.15, -0.1) is 0 Å². The average Bonchev–Trinajstić information content (AvgIpc) is 3.17. The number of hydrogen-bond donors (Lipinski definition) is 4. The minimum atomic E-state index is -1.20. The van der Waals surface area contributed by atoms with Crippen molar-refractivity contribution in [2.75, 3.05) is 33.3 Å². The van der Waals surface area contributed by atoms with Gasteiger partial charge in [-0.1, -0.05) is 109 Å². The van der Waals surface area contributed by atoms with Crippen molar-refractivity contribution in [3.05, 3.63) is 99.0 Å². The summed E-state index contributed by atoms with van der Waals surface area (Å²) in [5.74, 6) is -2.37. The van der Waals surface area contributed by atoms with Gasteiger partial charge in [-0.3, -0.25) is 19.2 Å². The number of ether oxygens (including phenoxy) is 1. The number of carbonyl (C=O) groups is 4. The number of hydrogen-bond acceptors (Lipinski definition) is 7. The lowest BCUT2D eigenvalue weighted by molar-refractivity contribution is -0.156. The van der Waals surface area contributed by atoms with E-state index < -0.39 is 45.9 Å². The highest BCUT2D eigenvalue weighted by atomic mass is 35.5. The lowest BCUT2D eigenvalue weighted by atomic mass is 9.66. The number of rotatable bonds is 11. The predicted molar refractivity (Wildman–Crippen MR) is 226 cm³/mol. The summed E-state index contributed by atoms with van der Waals surface area (Å²) < 4.78 is 5.67. The van der Waals surface area contributed by atoms with Crippen LogP contribution in [-0.2, 0) is 20.8 Å². The first kappa shape index (κ1) is 44.9. The van der Waals surface area contributed by atoms with Gasteiger partial charge in [-0.2, -0.15) is 0 Å². The van der Waals surface area contributed by atoms with Crippen LogP contribution in [-0.4, -0.2) is 89.0 Å². The number of para-hydroxylation sites is 1. The number of piperidine rings is 2. The molecule has 0 radical (unpaired) electrons. The van der Waals surface area contributed by atoms with Gasteiger partial charge in [0.05, 0.1) is 29.4 Å². The van der Waals surface area contributed by atoms with Crippen molar-refractivity contribution in [2.45, 2.75) is 91.5 Å². The van der Waals surface area contributed by atoms with Gasteiger partial charge < -0.3 is 35.4 Å². The summed E-state index contributed by atoms with van der Waals surface area (Å²) in [7, 11) is 1.36. The zero-order valence-electron chi connectivity index (χ0n) is 35.0. The Morgan fingerprint density at radius 3 is 1.28 bits per heavy atom. The summed E-state index contributed by atoms with van der Waals surface area (Å²) in [6.45, 7) is 16.1. The Morgan fingerprint density at radius 1 is 0.638 bits per heavy atom. The molecule has 0 spiro atoms. The molecular formula is C45H58Cl2N4O7. The molecule has 2 aliphatic rings. The maximum Gasteiger partial charge on any atom is 0.255 e. The van der Waals surface area contributed by atoms with Gasteiger partial charge in [0.25, 0.3) is 11.8 Å². The molecule has 4 N–H and O–H groups in total. The van der Waals surface area contributed by atoms with Gasteiger partial charge >= 0.3 is 0 Å². The number of aliphatic hydroxyl groups is 2. The Morgan fingerprint density at radius 2 is 0.983 bits per heavy atom. The van der Waals surface area contributed by atoms with Gasteiger partial charge in [0.1, 0.15) is 17.8 Å². The molecule has 3 aromatic rings. The van der Waals surface area contributed by atoms with E-state index in [-0.39, 0.29) is 79.5 Å². The van der Waals surface area contributed by atoms with Crippen molar-refractivity contribution >= 4 is 46.8 Å². The number of benzene rings is 3. The Labute approximate surface area is 352 Å². The van der Waals surface area contributed by atoms with E-state index in [0.29, 0.717) is 10.0 Å². The summed E-state index contributed by atoms with van der Waals surface area (Å²) in [6.07, 6.45) is 0.580. The second kappa shape index (κ2) is 17.2. The summed E-state index contributed by atoms with van der Waals surface area (Å²) >= 11 is 12.2. The number of methoxy groups -OCH3 is 1. The maximum absolute atomic E-state index is 14.1. The molecule has 314 valence electrons. The number of carbonyl (C=O) groups excluding carboxylic acids is 4. The minimum Gasteiger partial charge on any atom is -0.495 e. The summed E-state index contributed by atoms with van der Waals surface area (Å²) in [5, 5.41) is 30.7. The number of likely N-dealkylation sites (tertiary alicyclic amines) is 2. The molecule has 2 heterocycles. The number of nitrogens with zero attached hydrogens (tertiary/aromatic N) is 2. The summed E-state index contributed by atoms with van der Waals surface area (Å²) in [5.41, 5.74) is -2.31. The Bertz CT molecular complexity index is 1860. The molecule has 4 atom stereocenters. The molecule has 4 amide bonds. The maximum atomic E-state index is 14.1. The quantitative estimate of drug-likeness (QED) is 0.166. The molecule has 0 saturated carbocycles. The summed E-state index contributed by atoms with van der Waals surface area (Å²) in [4.78, 5) is 59.6. The largest absolute Gasteiger partial charge is 0.495 e. The van der Waals surface area contributed by atoms with E-state index in [9.17, 15) is 29.4 Å². The normalized spacial score (nSPS) is 22.6. The van der Waals surface area contributed by atoms with Crippen LogP contribution in [0.25, 0.3) is 0 Å². The third-order valence-electron chi connectivity index (χ3n) is 12.3. The topological polar surface area (TPSA) is 149 Å². The second-order valence-electron chi connectivity index (χ2n) is 17.8. The van der Waals surface area contributed by atoms with Crippen LogP contribution in [0.5, 0.6) is 5.75 Å². The lowest BCUT2D eigenvalue weighted by Gasteiger charge is -2.51. The smallest absolute Gasteiger partial charge is 0.255 e. The zero-order valence-corrected chi connectivity index (χ0v) is 36.5. The van der Waals surface area contributed by atoms with Gasteiger partial charge in [0.15, 0.2) is 0 Å². The van der Waals surface area contributed by atoms with Crippen molar-refractivity contribution < 1.29 is 34.1 Å². The van der Waals surface area contributed by atoms with Gasteiger partial charge in [0.2, 0.25) is 11.8 Å². The fourth-order valence-corrected chi connectivity index (χ4v) is 8.77. The zero-order chi connectivity index (χ0) is 43.0. The second-order valence-corrected chi connectivity index (χ2v) is 18.7. The first-order valence-corrected chi connectivity index (χ1v) is 20.7. The first-order chi connectivity index (χ1) is 27.1. The van der Waals surface area contributed by atoms with Crippen LogP contribution in [0.4, 0.5) is 0 Å². The van der Waals surface area contributed by atoms with Crippen LogP contribution < -0.4 is 15.4 Å². The number of amides is 4. The third-order valence-corrected chi connectivity index (χ3v) is 12.8. The summed E-state index contributed by atoms with van der Waals surface area (Å²) in [6, 6.07) is 16.9. The van der Waals surface area contributed by atoms with Gasteiger partial charge in [0, 0.05) is 47.1 Å². The fraction of sp³-hybridized carbons (Fsp3) is 0.511. The third kappa shape index (κ3) is 8.74. The van der Waals surface area contributed by atoms with Crippen molar-refractivity contribution in [1.29, 1.82) is 0 Å². The molecule has 2 aliphatic heterocycles. The van der Waals surface area contributed by atoms with Crippen molar-refractivity contribution in [1.82, 2.24) is 20.4 Å². The van der Waals surface area contributed by atoms with Crippen LogP contribution in [0.1, 0.15) is 100 Å². The van der Waals surface area contributed by atoms with Crippen LogP contribution >= 0.6 is 23.2 Å². The van der Waals surface area contributed by atoms with E-state index in [1.54, 1.807) is 64.4 Å². The van der Waals surface area contributed by atoms with E-state index in [4.69, 9.17) is 27.9 Å². The Balaban J connectivity index is 1.30. The Hall–Kier alpha value is -4.16. The highest BCUT2D eigenvalue weighted by molar-refractivity contribution is 6.30. The van der Waals surface area contributed by atoms with E-state index in [1.807, 2.05) is 55.4 Å². The van der Waals surface area contributed by atoms with Crippen LogP contribution in [0.2, 0.25) is 10.0 Å². The molecule has 0 unspecified atom stereocenters. The molecule has 13 heteroatoms. The van der Waals surface area contributed by atoms with Gasteiger partial charge in [-0.25, -0.2) is 0 Å². The molecule has 0 bridgehead atoms. The molecular weight excluding hydrogens is 779 g/mol. The molecule has 2 fully saturated rings. The van der Waals surface area contributed by atoms with E-state index in [2.05, 4.69) is 10.6 Å². The van der Waals surface area contributed by atoms with Gasteiger partial charge in [-0.05, 0) is 72.2 Å². The highest BCUT2D eigenvalue weighted by Crippen LogP contribution is 2.47. The predicted octanol–water partition coefficient (Wildman–Crippen LogP) is 6.80. The van der Waals surface area contributed by atoms with E-state index in [1.165, 1.54) is 19.2 Å². The highest BCUT2D eigenvalue weighted by Gasteiger charge is 2.52. The standard InChI is InChI=1S/C45H58Cl2N4O7/c1-27(2)35(40(54)50-23-21-44(56,42(5,6)25-50)29-13-17-31(46)18-14-29)48-38(52)33-11-10-12-34(37(33)58-9)39(53)49-36(28(3)4)41(55)51-24-22-45(57,43(7,8)26-51)30-15-19-32(47)20-16-30/h10-20,27-28,35-36,56-57H,21-26H2,1-9H3,(H,48,52)(H,49,53)/t35-,36+,44+,45-. The van der Waals surface area contributed by atoms with Crippen molar-refractivity contribution in [3.63, 3.8) is 0 Å². The number of nitrogens with one attached hydrogen (secondary N) is 2. The van der Waals surface area contributed by atoms with E-state index in [0.717, 1.165) is 11.1 Å². The Kier molecular flexibility index (Phi) is 13.3. The first-order valence-electron chi connectivity index (χ1n) is 19.9. The fourth-order valence-electron chi connectivity index (χ4n) is 8.51. The lowest BCUT2D eigenvalue weighted by Crippen LogP contribution is -2.60. The molecule has 0 aromatic heterocycles. The van der Waals surface area contributed by atoms with Crippen molar-refractivity contribution in [3.8, 4) is 5.75 Å². The van der Waals surface area contributed by atoms with E-state index >= 15 is 0 Å². The molecule has 58 heavy (non-hydrogen) atoms. The minimum absolute atomic E-state index is 0.00155. The van der Waals surface area contributed by atoms with Crippen LogP contribution in [0.15, 0.2) is 66.7 Å². The van der Waals surface area contributed by atoms with Crippen LogP contribution in [0.3, 0.4) is 0 Å². The monoisotopic (exact) mass is 836 g/mol. The molecule has 11 nitrogen and oxygen atoms in total. The molecule has 5 rings (SSSR count). The SMILES string of the molecule is COc1c(C(=O)N[C@H](C(=O)N2CC[C@@](O)(c3ccc(Cl)cc3)C(C)(C)C2)C(C)C)cccc1C(=O)N[C@@H](C(=O)N1CC[C@](O)(c2ccc(Cl)cc2)C(C)(C)C1)C(C)C. The molecule has 3 aromatic carbocycles. The molecule has 0 aliphatic carbocycles. The van der Waals surface area contributed by atoms with Crippen molar-refractivity contribution in [2.24, 2.45) is 22.7 Å². The van der Waals surface area contributed by atoms with Crippen LogP contribution in [0, 0.1) is 22.7 Å². The molecule has 2 saturated heterocycles.